The van der Waals surface area contributed by atoms with E-state index in [2.05, 4.69) is 67.1 Å². The van der Waals surface area contributed by atoms with E-state index in [1.165, 1.54) is 16.5 Å². The molecule has 0 bridgehead atoms. The third-order valence-corrected chi connectivity index (χ3v) is 3.33. The van der Waals surface area contributed by atoms with Gasteiger partial charge >= 0.3 is 0 Å². The number of aryl methyl sites for hydroxylation is 2. The van der Waals surface area contributed by atoms with Crippen LogP contribution in [0, 0.1) is 6.92 Å². The lowest BCUT2D eigenvalue weighted by Crippen LogP contribution is -2.16. The van der Waals surface area contributed by atoms with Crippen LogP contribution in [-0.4, -0.2) is 4.57 Å². The van der Waals surface area contributed by atoms with E-state index in [4.69, 9.17) is 4.99 Å². The first kappa shape index (κ1) is 11.7. The molecule has 0 saturated heterocycles. The number of nitrogens with zero attached hydrogens (tertiary/aromatic N) is 2. The van der Waals surface area contributed by atoms with Gasteiger partial charge < -0.3 is 4.57 Å². The third-order valence-electron chi connectivity index (χ3n) is 3.33. The molecule has 0 radical (unpaired) electrons. The van der Waals surface area contributed by atoms with Crippen molar-refractivity contribution in [3.05, 3.63) is 71.7 Å². The average Bonchev–Trinajstić information content (AvgIpc) is 2.45. The molecule has 3 rings (SSSR count). The van der Waals surface area contributed by atoms with E-state index >= 15 is 0 Å². The number of aromatic nitrogens is 1. The largest absolute Gasteiger partial charge is 0.329 e. The molecule has 94 valence electrons. The van der Waals surface area contributed by atoms with Gasteiger partial charge in [0.15, 0.2) is 0 Å². The monoisotopic (exact) mass is 248 g/mol. The maximum absolute atomic E-state index is 4.69. The zero-order chi connectivity index (χ0) is 13.2. The van der Waals surface area contributed by atoms with Crippen molar-refractivity contribution >= 4 is 16.6 Å². The van der Waals surface area contributed by atoms with E-state index < -0.39 is 0 Å². The molecule has 0 aliphatic rings. The Morgan fingerprint density at radius 2 is 1.58 bits per heavy atom. The Bertz CT molecular complexity index is 780. The van der Waals surface area contributed by atoms with Gasteiger partial charge in [-0.05, 0) is 42.6 Å². The van der Waals surface area contributed by atoms with E-state index in [0.717, 1.165) is 11.2 Å². The molecule has 0 atom stereocenters. The molecule has 0 N–H and O–H groups in total. The number of pyridine rings is 1. The summed E-state index contributed by atoms with van der Waals surface area (Å²) in [6.45, 7) is 2.08. The van der Waals surface area contributed by atoms with E-state index in [1.807, 2.05) is 12.1 Å². The van der Waals surface area contributed by atoms with Gasteiger partial charge in [-0.25, -0.2) is 4.99 Å². The van der Waals surface area contributed by atoms with Crippen molar-refractivity contribution in [2.45, 2.75) is 6.92 Å². The van der Waals surface area contributed by atoms with E-state index in [-0.39, 0.29) is 0 Å². The standard InChI is InChI=1S/C17H16N2/c1-13-7-10-15(11-8-13)18-17-12-9-14-5-3-4-6-16(14)19(17)2/h3-12H,1-2H3. The van der Waals surface area contributed by atoms with Crippen LogP contribution in [0.5, 0.6) is 0 Å². The van der Waals surface area contributed by atoms with Gasteiger partial charge in [-0.3, -0.25) is 0 Å². The van der Waals surface area contributed by atoms with Gasteiger partial charge in [0.1, 0.15) is 5.49 Å². The highest BCUT2D eigenvalue weighted by atomic mass is 15.0. The highest BCUT2D eigenvalue weighted by Crippen LogP contribution is 2.13. The predicted octanol–water partition coefficient (Wildman–Crippen LogP) is 3.72. The molecule has 1 aromatic heterocycles. The number of hydrogen-bond donors (Lipinski definition) is 0. The second-order valence-corrected chi connectivity index (χ2v) is 4.76. The van der Waals surface area contributed by atoms with Gasteiger partial charge in [-0.15, -0.1) is 0 Å². The molecule has 2 aromatic carbocycles. The van der Waals surface area contributed by atoms with Gasteiger partial charge in [-0.1, -0.05) is 35.9 Å². The van der Waals surface area contributed by atoms with Crippen LogP contribution in [0.2, 0.25) is 0 Å². The highest BCUT2D eigenvalue weighted by molar-refractivity contribution is 5.78. The van der Waals surface area contributed by atoms with Crippen LogP contribution in [-0.2, 0) is 7.05 Å². The van der Waals surface area contributed by atoms with Crippen LogP contribution in [0.3, 0.4) is 0 Å². The summed E-state index contributed by atoms with van der Waals surface area (Å²) in [6, 6.07) is 20.8. The molecule has 0 aliphatic heterocycles. The summed E-state index contributed by atoms with van der Waals surface area (Å²) in [6.07, 6.45) is 0. The smallest absolute Gasteiger partial charge is 0.133 e. The van der Waals surface area contributed by atoms with Crippen molar-refractivity contribution in [1.82, 2.24) is 4.57 Å². The summed E-state index contributed by atoms with van der Waals surface area (Å²) in [7, 11) is 2.05. The number of para-hydroxylation sites is 1. The van der Waals surface area contributed by atoms with E-state index in [0.29, 0.717) is 0 Å². The Morgan fingerprint density at radius 1 is 0.842 bits per heavy atom. The third kappa shape index (κ3) is 2.29. The molecule has 0 saturated carbocycles. The Hall–Kier alpha value is -2.35. The predicted molar refractivity (Wildman–Crippen MR) is 79.3 cm³/mol. The molecule has 2 nitrogen and oxygen atoms in total. The number of benzene rings is 2. The molecule has 3 aromatic rings. The maximum Gasteiger partial charge on any atom is 0.133 e. The van der Waals surface area contributed by atoms with Crippen molar-refractivity contribution < 1.29 is 0 Å². The van der Waals surface area contributed by atoms with Crippen LogP contribution in [0.4, 0.5) is 5.69 Å². The van der Waals surface area contributed by atoms with Crippen LogP contribution in [0.1, 0.15) is 5.56 Å². The molecule has 19 heavy (non-hydrogen) atoms. The van der Waals surface area contributed by atoms with E-state index in [1.54, 1.807) is 0 Å². The van der Waals surface area contributed by atoms with Crippen molar-refractivity contribution in [2.75, 3.05) is 0 Å². The molecule has 2 heteroatoms. The minimum atomic E-state index is 0.961. The zero-order valence-electron chi connectivity index (χ0n) is 11.2. The minimum Gasteiger partial charge on any atom is -0.329 e. The first-order valence-electron chi connectivity index (χ1n) is 6.40. The molecular formula is C17H16N2. The maximum atomic E-state index is 4.69. The molecule has 0 amide bonds. The second-order valence-electron chi connectivity index (χ2n) is 4.76. The lowest BCUT2D eigenvalue weighted by molar-refractivity contribution is 0.877. The Labute approximate surface area is 112 Å². The molecule has 0 unspecified atom stereocenters. The van der Waals surface area contributed by atoms with Gasteiger partial charge in [0, 0.05) is 12.6 Å². The van der Waals surface area contributed by atoms with Gasteiger partial charge in [0.05, 0.1) is 5.69 Å². The number of fused-ring (bicyclic) bond motifs is 1. The first-order valence-corrected chi connectivity index (χ1v) is 6.40. The fourth-order valence-electron chi connectivity index (χ4n) is 2.20. The lowest BCUT2D eigenvalue weighted by atomic mass is 10.2. The van der Waals surface area contributed by atoms with Crippen LogP contribution in [0.15, 0.2) is 65.7 Å². The number of hydrogen-bond acceptors (Lipinski definition) is 1. The first-order chi connectivity index (χ1) is 9.24. The lowest BCUT2D eigenvalue weighted by Gasteiger charge is -2.06. The minimum absolute atomic E-state index is 0.961. The van der Waals surface area contributed by atoms with Crippen molar-refractivity contribution in [3.63, 3.8) is 0 Å². The second kappa shape index (κ2) is 4.73. The fraction of sp³-hybridized carbons (Fsp3) is 0.118. The molecular weight excluding hydrogens is 232 g/mol. The number of rotatable bonds is 1. The Kier molecular flexibility index (Phi) is 2.92. The average molecular weight is 248 g/mol. The van der Waals surface area contributed by atoms with Crippen LogP contribution >= 0.6 is 0 Å². The van der Waals surface area contributed by atoms with Gasteiger partial charge in [0.25, 0.3) is 0 Å². The topological polar surface area (TPSA) is 17.3 Å². The normalized spacial score (nSPS) is 12.0. The molecule has 0 spiro atoms. The molecule has 1 heterocycles. The summed E-state index contributed by atoms with van der Waals surface area (Å²) < 4.78 is 2.12. The van der Waals surface area contributed by atoms with Crippen molar-refractivity contribution in [2.24, 2.45) is 12.0 Å². The Morgan fingerprint density at radius 3 is 2.37 bits per heavy atom. The molecule has 0 fully saturated rings. The van der Waals surface area contributed by atoms with Gasteiger partial charge in [0.2, 0.25) is 0 Å². The highest BCUT2D eigenvalue weighted by Gasteiger charge is 1.96. The molecule has 0 aliphatic carbocycles. The van der Waals surface area contributed by atoms with Gasteiger partial charge in [-0.2, -0.15) is 0 Å². The van der Waals surface area contributed by atoms with Crippen molar-refractivity contribution in [1.29, 1.82) is 0 Å². The summed E-state index contributed by atoms with van der Waals surface area (Å²) in [5.41, 5.74) is 4.39. The quantitative estimate of drug-likeness (QED) is 0.624. The summed E-state index contributed by atoms with van der Waals surface area (Å²) >= 11 is 0. The van der Waals surface area contributed by atoms with Crippen LogP contribution < -0.4 is 5.49 Å². The summed E-state index contributed by atoms with van der Waals surface area (Å²) in [5.74, 6) is 0. The SMILES string of the molecule is Cc1ccc(N=c2ccc3ccccc3n2C)cc1. The summed E-state index contributed by atoms with van der Waals surface area (Å²) in [4.78, 5) is 4.69. The van der Waals surface area contributed by atoms with E-state index in [9.17, 15) is 0 Å². The Balaban J connectivity index is 2.20. The van der Waals surface area contributed by atoms with Crippen LogP contribution in [0.25, 0.3) is 10.9 Å². The van der Waals surface area contributed by atoms with Crippen molar-refractivity contribution in [3.8, 4) is 0 Å². The zero-order valence-corrected chi connectivity index (χ0v) is 11.2. The fourth-order valence-corrected chi connectivity index (χ4v) is 2.20. The summed E-state index contributed by atoms with van der Waals surface area (Å²) in [5, 5.41) is 1.23.